The molecule has 0 N–H and O–H groups in total. The summed E-state index contributed by atoms with van der Waals surface area (Å²) in [6, 6.07) is 37.1. The Balaban J connectivity index is 0.000000267. The Hall–Kier alpha value is -2.32. The Kier molecular flexibility index (Phi) is 12.0. The van der Waals surface area contributed by atoms with Crippen LogP contribution in [0.1, 0.15) is 17.2 Å². The molecule has 1 heterocycles. The molecule has 33 heavy (non-hydrogen) atoms. The summed E-state index contributed by atoms with van der Waals surface area (Å²) in [6.45, 7) is 0. The Bertz CT molecular complexity index is 1030. The van der Waals surface area contributed by atoms with E-state index in [4.69, 9.17) is 5.32 Å². The summed E-state index contributed by atoms with van der Waals surface area (Å²) in [6.07, 6.45) is 9.44. The number of thioether (sulfide) groups is 1. The van der Waals surface area contributed by atoms with E-state index in [0.29, 0.717) is 5.25 Å². The Labute approximate surface area is 222 Å². The summed E-state index contributed by atoms with van der Waals surface area (Å²) < 4.78 is 0. The van der Waals surface area contributed by atoms with E-state index in [9.17, 15) is 0 Å². The van der Waals surface area contributed by atoms with E-state index >= 15 is 0 Å². The van der Waals surface area contributed by atoms with Crippen LogP contribution in [-0.2, 0) is 34.1 Å². The fourth-order valence-electron chi connectivity index (χ4n) is 3.39. The van der Waals surface area contributed by atoms with Gasteiger partial charge in [0.25, 0.3) is 0 Å². The average Bonchev–Trinajstić information content (AvgIpc) is 3.62. The molecule has 0 bridgehead atoms. The summed E-state index contributed by atoms with van der Waals surface area (Å²) in [5.74, 6) is 0. The van der Waals surface area contributed by atoms with Crippen LogP contribution in [0.5, 0.6) is 0 Å². The zero-order valence-electron chi connectivity index (χ0n) is 18.0. The second kappa shape index (κ2) is 14.8. The first-order chi connectivity index (χ1) is 15.4. The zero-order valence-corrected chi connectivity index (χ0v) is 21.1. The number of nitrogens with zero attached hydrogens (tertiary/aromatic N) is 1. The molecule has 0 spiro atoms. The third kappa shape index (κ3) is 8.19. The summed E-state index contributed by atoms with van der Waals surface area (Å²) in [5, 5.41) is 5.37. The molecular formula is C29H25Fe2NS. The summed E-state index contributed by atoms with van der Waals surface area (Å²) in [4.78, 5) is 1.27. The molecule has 2 aliphatic rings. The first kappa shape index (κ1) is 26.9. The topological polar surface area (TPSA) is 14.1 Å². The van der Waals surface area contributed by atoms with Crippen LogP contribution in [0.4, 0.5) is 5.69 Å². The fraction of sp³-hybridized carbons (Fsp3) is 0.0690. The minimum atomic E-state index is 0. The van der Waals surface area contributed by atoms with E-state index in [-0.39, 0.29) is 34.1 Å². The normalized spacial score (nSPS) is 15.3. The number of fused-ring (bicyclic) bond motifs is 1. The molecule has 4 aromatic carbocycles. The van der Waals surface area contributed by atoms with Crippen LogP contribution in [0, 0.1) is 0 Å². The van der Waals surface area contributed by atoms with Gasteiger partial charge in [0.15, 0.2) is 0 Å². The number of para-hydroxylation sites is 1. The van der Waals surface area contributed by atoms with Crippen molar-refractivity contribution in [2.75, 3.05) is 0 Å². The van der Waals surface area contributed by atoms with Crippen LogP contribution >= 0.6 is 11.8 Å². The zero-order chi connectivity index (χ0) is 21.1. The first-order valence-electron chi connectivity index (χ1n) is 10.5. The van der Waals surface area contributed by atoms with E-state index < -0.39 is 0 Å². The molecule has 0 fully saturated rings. The second-order valence-corrected chi connectivity index (χ2v) is 8.40. The molecule has 168 valence electrons. The maximum absolute atomic E-state index is 4.94. The monoisotopic (exact) mass is 531 g/mol. The molecule has 0 saturated carbocycles. The van der Waals surface area contributed by atoms with Crippen molar-refractivity contribution in [2.45, 2.75) is 16.6 Å². The van der Waals surface area contributed by atoms with E-state index in [1.54, 1.807) is 0 Å². The Morgan fingerprint density at radius 1 is 0.727 bits per heavy atom. The Morgan fingerprint density at radius 3 is 1.91 bits per heavy atom. The number of hydrogen-bond donors (Lipinski definition) is 0. The number of hydrogen-bond acceptors (Lipinski definition) is 1. The number of benzene rings is 1. The van der Waals surface area contributed by atoms with Crippen LogP contribution in [0.25, 0.3) is 5.32 Å². The van der Waals surface area contributed by atoms with Crippen LogP contribution in [0.2, 0.25) is 0 Å². The van der Waals surface area contributed by atoms with Gasteiger partial charge in [-0.3, -0.25) is 0 Å². The second-order valence-electron chi connectivity index (χ2n) is 7.15. The maximum Gasteiger partial charge on any atom is 2.00 e. The standard InChI is InChI=1S/C19H15NS.2C5H5.2Fe/c1-2-8-14(7-1)17-13-19(15-9-3-4-10-15)21-18-12-6-5-11-16(18)20-17;2*1-2-4-5-3-1;;/h1-12,19H,13H2;2*1-5H;;/q-2;2*-1;2*+2. The predicted molar refractivity (Wildman–Crippen MR) is 134 cm³/mol. The SMILES string of the molecule is C1=CC(=C2CC(c3ccc[cH-]3)Sc3ccccc3[N-]2)C=C1.[Fe+2].[Fe+2].c1cc[cH-]c1.c1cc[cH-]c1. The van der Waals surface area contributed by atoms with Crippen molar-refractivity contribution in [1.29, 1.82) is 0 Å². The largest absolute Gasteiger partial charge is 2.00 e. The summed E-state index contributed by atoms with van der Waals surface area (Å²) in [7, 11) is 0. The predicted octanol–water partition coefficient (Wildman–Crippen LogP) is 8.83. The van der Waals surface area contributed by atoms with Crippen LogP contribution < -0.4 is 0 Å². The molecule has 0 amide bonds. The minimum absolute atomic E-state index is 0. The average molecular weight is 531 g/mol. The van der Waals surface area contributed by atoms with Crippen LogP contribution in [-0.4, -0.2) is 0 Å². The van der Waals surface area contributed by atoms with Crippen molar-refractivity contribution >= 4 is 17.4 Å². The molecule has 0 saturated heterocycles. The smallest absolute Gasteiger partial charge is 0.660 e. The van der Waals surface area contributed by atoms with Gasteiger partial charge in [0.05, 0.1) is 0 Å². The maximum atomic E-state index is 4.94. The van der Waals surface area contributed by atoms with Gasteiger partial charge in [-0.2, -0.15) is 59.8 Å². The van der Waals surface area contributed by atoms with Gasteiger partial charge < -0.3 is 5.32 Å². The summed E-state index contributed by atoms with van der Waals surface area (Å²) in [5.41, 5.74) is 4.90. The van der Waals surface area contributed by atoms with Crippen molar-refractivity contribution in [3.05, 3.63) is 156 Å². The molecule has 4 heteroatoms. The van der Waals surface area contributed by atoms with E-state index in [1.165, 1.54) is 21.7 Å². The van der Waals surface area contributed by atoms with Crippen molar-refractivity contribution in [3.63, 3.8) is 0 Å². The Morgan fingerprint density at radius 2 is 1.36 bits per heavy atom. The van der Waals surface area contributed by atoms with Gasteiger partial charge in [-0.15, -0.1) is 17.4 Å². The third-order valence-electron chi connectivity index (χ3n) is 4.94. The van der Waals surface area contributed by atoms with E-state index in [0.717, 1.165) is 12.1 Å². The molecular weight excluding hydrogens is 506 g/mol. The van der Waals surface area contributed by atoms with Gasteiger partial charge >= 0.3 is 34.1 Å². The number of allylic oxidation sites excluding steroid dienone is 6. The quantitative estimate of drug-likeness (QED) is 0.177. The van der Waals surface area contributed by atoms with Crippen molar-refractivity contribution in [2.24, 2.45) is 0 Å². The van der Waals surface area contributed by atoms with E-state index in [1.807, 2.05) is 72.4 Å². The van der Waals surface area contributed by atoms with Gasteiger partial charge in [-0.25, -0.2) is 36.4 Å². The van der Waals surface area contributed by atoms with Crippen molar-refractivity contribution in [3.8, 4) is 0 Å². The molecule has 0 aromatic heterocycles. The fourth-order valence-corrected chi connectivity index (χ4v) is 4.62. The van der Waals surface area contributed by atoms with Gasteiger partial charge in [-0.05, 0) is 23.0 Å². The van der Waals surface area contributed by atoms with Gasteiger partial charge in [0.1, 0.15) is 0 Å². The minimum Gasteiger partial charge on any atom is -0.660 e. The van der Waals surface area contributed by atoms with E-state index in [2.05, 4.69) is 72.8 Å². The van der Waals surface area contributed by atoms with Gasteiger partial charge in [0, 0.05) is 5.25 Å². The molecule has 1 aliphatic heterocycles. The van der Waals surface area contributed by atoms with Gasteiger partial charge in [-0.1, -0.05) is 42.5 Å². The van der Waals surface area contributed by atoms with Crippen LogP contribution in [0.3, 0.4) is 0 Å². The number of rotatable bonds is 1. The molecule has 0 radical (unpaired) electrons. The molecule has 1 atom stereocenters. The molecule has 1 aliphatic carbocycles. The third-order valence-corrected chi connectivity index (χ3v) is 6.26. The van der Waals surface area contributed by atoms with Crippen LogP contribution in [0.15, 0.2) is 150 Å². The molecule has 4 aromatic rings. The van der Waals surface area contributed by atoms with Gasteiger partial charge in [0.2, 0.25) is 0 Å². The van der Waals surface area contributed by atoms with Crippen molar-refractivity contribution in [1.82, 2.24) is 0 Å². The molecule has 1 nitrogen and oxygen atoms in total. The first-order valence-corrected chi connectivity index (χ1v) is 11.4. The molecule has 1 unspecified atom stereocenters. The van der Waals surface area contributed by atoms with Crippen molar-refractivity contribution < 1.29 is 34.1 Å². The summed E-state index contributed by atoms with van der Waals surface area (Å²) >= 11 is 1.92. The molecule has 6 rings (SSSR count).